The average molecular weight is 377 g/mol. The number of amides is 1. The number of hydrogen-bond donors (Lipinski definition) is 1. The van der Waals surface area contributed by atoms with Crippen molar-refractivity contribution >= 4 is 23.2 Å². The highest BCUT2D eigenvalue weighted by Crippen LogP contribution is 2.22. The normalized spacial score (nSPS) is 10.7. The summed E-state index contributed by atoms with van der Waals surface area (Å²) < 4.78 is 3.64. The summed E-state index contributed by atoms with van der Waals surface area (Å²) in [6.07, 6.45) is 5.36. The largest absolute Gasteiger partial charge is 0.322 e. The zero-order valence-corrected chi connectivity index (χ0v) is 15.4. The van der Waals surface area contributed by atoms with Gasteiger partial charge in [0, 0.05) is 23.1 Å². The summed E-state index contributed by atoms with van der Waals surface area (Å²) in [5.41, 5.74) is 3.11. The number of aromatic nitrogens is 3. The first-order valence-electron chi connectivity index (χ1n) is 8.47. The van der Waals surface area contributed by atoms with Crippen molar-refractivity contribution in [2.75, 3.05) is 5.32 Å². The maximum atomic E-state index is 12.9. The van der Waals surface area contributed by atoms with Crippen LogP contribution in [0.3, 0.4) is 0 Å². The summed E-state index contributed by atoms with van der Waals surface area (Å²) in [7, 11) is 0. The summed E-state index contributed by atoms with van der Waals surface area (Å²) in [5.74, 6) is 0.421. The lowest BCUT2D eigenvalue weighted by atomic mass is 10.2. The van der Waals surface area contributed by atoms with Crippen LogP contribution in [0.4, 0.5) is 5.69 Å². The van der Waals surface area contributed by atoms with Gasteiger partial charge in [0.1, 0.15) is 5.56 Å². The van der Waals surface area contributed by atoms with E-state index in [0.717, 1.165) is 11.3 Å². The van der Waals surface area contributed by atoms with Gasteiger partial charge in [-0.05, 0) is 55.0 Å². The molecule has 0 fully saturated rings. The lowest BCUT2D eigenvalue weighted by Gasteiger charge is -2.12. The molecule has 6 heteroatoms. The van der Waals surface area contributed by atoms with Crippen LogP contribution in [0.25, 0.3) is 11.5 Å². The van der Waals surface area contributed by atoms with E-state index < -0.39 is 0 Å². The molecule has 0 aliphatic heterocycles. The second kappa shape index (κ2) is 7.13. The molecule has 2 heterocycles. The Labute approximate surface area is 161 Å². The third kappa shape index (κ3) is 3.50. The van der Waals surface area contributed by atoms with Crippen molar-refractivity contribution in [3.05, 3.63) is 95.4 Å². The Bertz CT molecular complexity index is 1100. The number of carbonyl (C=O) groups is 1. The van der Waals surface area contributed by atoms with Gasteiger partial charge in [-0.1, -0.05) is 29.8 Å². The Morgan fingerprint density at radius 1 is 1.04 bits per heavy atom. The summed E-state index contributed by atoms with van der Waals surface area (Å²) in [6.45, 7) is 2.02. The zero-order valence-electron chi connectivity index (χ0n) is 14.6. The molecule has 0 radical (unpaired) electrons. The molecular formula is C21H17ClN4O. The predicted molar refractivity (Wildman–Crippen MR) is 107 cm³/mol. The third-order valence-electron chi connectivity index (χ3n) is 4.17. The summed E-state index contributed by atoms with van der Waals surface area (Å²) in [4.78, 5) is 12.9. The molecule has 0 saturated carbocycles. The van der Waals surface area contributed by atoms with Crippen molar-refractivity contribution in [2.24, 2.45) is 0 Å². The minimum Gasteiger partial charge on any atom is -0.322 e. The number of nitrogens with one attached hydrogen (secondary N) is 1. The average Bonchev–Trinajstić information content (AvgIpc) is 3.31. The van der Waals surface area contributed by atoms with E-state index >= 15 is 0 Å². The minimum atomic E-state index is -0.250. The second-order valence-corrected chi connectivity index (χ2v) is 6.62. The molecule has 0 aliphatic rings. The number of nitrogens with zero attached hydrogens (tertiary/aromatic N) is 3. The molecule has 1 N–H and O–H groups in total. The van der Waals surface area contributed by atoms with Gasteiger partial charge in [-0.25, -0.2) is 4.68 Å². The van der Waals surface area contributed by atoms with Crippen LogP contribution in [0.5, 0.6) is 0 Å². The van der Waals surface area contributed by atoms with Crippen LogP contribution >= 0.6 is 11.6 Å². The van der Waals surface area contributed by atoms with Crippen LogP contribution in [-0.4, -0.2) is 20.3 Å². The van der Waals surface area contributed by atoms with Crippen molar-refractivity contribution in [3.63, 3.8) is 0 Å². The molecule has 1 amide bonds. The van der Waals surface area contributed by atoms with Gasteiger partial charge in [-0.3, -0.25) is 4.79 Å². The lowest BCUT2D eigenvalue weighted by molar-refractivity contribution is 0.102. The van der Waals surface area contributed by atoms with Gasteiger partial charge in [0.05, 0.1) is 11.9 Å². The second-order valence-electron chi connectivity index (χ2n) is 6.19. The van der Waals surface area contributed by atoms with Crippen LogP contribution in [0.15, 0.2) is 79.3 Å². The maximum Gasteiger partial charge on any atom is 0.261 e. The van der Waals surface area contributed by atoms with E-state index in [0.29, 0.717) is 22.1 Å². The van der Waals surface area contributed by atoms with E-state index in [1.165, 1.54) is 0 Å². The van der Waals surface area contributed by atoms with Crippen LogP contribution in [-0.2, 0) is 0 Å². The van der Waals surface area contributed by atoms with Crippen molar-refractivity contribution in [1.29, 1.82) is 0 Å². The van der Waals surface area contributed by atoms with Crippen LogP contribution in [0, 0.1) is 6.92 Å². The number of anilines is 1. The van der Waals surface area contributed by atoms with Crippen molar-refractivity contribution in [3.8, 4) is 11.5 Å². The molecule has 134 valence electrons. The van der Waals surface area contributed by atoms with Crippen LogP contribution < -0.4 is 5.32 Å². The zero-order chi connectivity index (χ0) is 18.8. The molecule has 0 bridgehead atoms. The van der Waals surface area contributed by atoms with Crippen molar-refractivity contribution in [1.82, 2.24) is 14.3 Å². The van der Waals surface area contributed by atoms with Gasteiger partial charge in [-0.2, -0.15) is 5.10 Å². The van der Waals surface area contributed by atoms with Crippen molar-refractivity contribution in [2.45, 2.75) is 6.92 Å². The number of hydrogen-bond acceptors (Lipinski definition) is 2. The number of halogens is 1. The van der Waals surface area contributed by atoms with Gasteiger partial charge in [0.2, 0.25) is 0 Å². The van der Waals surface area contributed by atoms with E-state index in [-0.39, 0.29) is 5.91 Å². The molecule has 0 spiro atoms. The topological polar surface area (TPSA) is 51.9 Å². The standard InChI is InChI=1S/C21H17ClN4O/c1-15-6-4-9-18(12-15)26-21(25-10-2-3-11-25)19(14-23-26)20(27)24-17-8-5-7-16(22)13-17/h2-14H,1H3,(H,24,27). The van der Waals surface area contributed by atoms with Gasteiger partial charge < -0.3 is 9.88 Å². The first-order chi connectivity index (χ1) is 13.1. The lowest BCUT2D eigenvalue weighted by Crippen LogP contribution is -2.15. The summed E-state index contributed by atoms with van der Waals surface area (Å²) in [6, 6.07) is 18.9. The smallest absolute Gasteiger partial charge is 0.261 e. The number of carbonyl (C=O) groups excluding carboxylic acids is 1. The Kier molecular flexibility index (Phi) is 4.52. The van der Waals surface area contributed by atoms with E-state index in [9.17, 15) is 4.79 Å². The SMILES string of the molecule is Cc1cccc(-n2ncc(C(=O)Nc3cccc(Cl)c3)c2-n2cccc2)c1. The van der Waals surface area contributed by atoms with E-state index in [2.05, 4.69) is 10.4 Å². The highest BCUT2D eigenvalue weighted by atomic mass is 35.5. The number of aryl methyl sites for hydroxylation is 1. The molecular weight excluding hydrogens is 360 g/mol. The van der Waals surface area contributed by atoms with Gasteiger partial charge in [0.25, 0.3) is 5.91 Å². The number of benzene rings is 2. The van der Waals surface area contributed by atoms with Crippen LogP contribution in [0.1, 0.15) is 15.9 Å². The Hall–Kier alpha value is -3.31. The fourth-order valence-electron chi connectivity index (χ4n) is 2.94. The van der Waals surface area contributed by atoms with E-state index in [4.69, 9.17) is 11.6 Å². The highest BCUT2D eigenvalue weighted by Gasteiger charge is 2.20. The third-order valence-corrected chi connectivity index (χ3v) is 4.40. The van der Waals surface area contributed by atoms with E-state index in [1.807, 2.05) is 60.3 Å². The fraction of sp³-hybridized carbons (Fsp3) is 0.0476. The molecule has 2 aromatic heterocycles. The molecule has 0 unspecified atom stereocenters. The summed E-state index contributed by atoms with van der Waals surface area (Å²) >= 11 is 6.01. The first kappa shape index (κ1) is 17.1. The van der Waals surface area contributed by atoms with Gasteiger partial charge >= 0.3 is 0 Å². The Morgan fingerprint density at radius 3 is 2.56 bits per heavy atom. The summed E-state index contributed by atoms with van der Waals surface area (Å²) in [5, 5.41) is 7.92. The van der Waals surface area contributed by atoms with Gasteiger partial charge in [-0.15, -0.1) is 0 Å². The Morgan fingerprint density at radius 2 is 1.81 bits per heavy atom. The molecule has 0 saturated heterocycles. The number of rotatable bonds is 4. The van der Waals surface area contributed by atoms with Crippen molar-refractivity contribution < 1.29 is 4.79 Å². The minimum absolute atomic E-state index is 0.250. The maximum absolute atomic E-state index is 12.9. The highest BCUT2D eigenvalue weighted by molar-refractivity contribution is 6.31. The monoisotopic (exact) mass is 376 g/mol. The quantitative estimate of drug-likeness (QED) is 0.552. The molecule has 4 aromatic rings. The molecule has 27 heavy (non-hydrogen) atoms. The molecule has 0 atom stereocenters. The molecule has 2 aromatic carbocycles. The first-order valence-corrected chi connectivity index (χ1v) is 8.85. The van der Waals surface area contributed by atoms with E-state index in [1.54, 1.807) is 35.1 Å². The molecule has 4 rings (SSSR count). The predicted octanol–water partition coefficient (Wildman–Crippen LogP) is 4.88. The van der Waals surface area contributed by atoms with Crippen LogP contribution in [0.2, 0.25) is 5.02 Å². The fourth-order valence-corrected chi connectivity index (χ4v) is 3.13. The Balaban J connectivity index is 1.78. The molecule has 5 nitrogen and oxygen atoms in total. The van der Waals surface area contributed by atoms with Gasteiger partial charge in [0.15, 0.2) is 5.82 Å². The molecule has 0 aliphatic carbocycles.